The Hall–Kier alpha value is -1.17. The maximum absolute atomic E-state index is 10.8. The molecule has 0 radical (unpaired) electrons. The number of nitrogens with zero attached hydrogens (tertiary/aromatic N) is 2. The second kappa shape index (κ2) is 7.20. The van der Waals surface area contributed by atoms with Crippen LogP contribution in [0, 0.1) is 10.1 Å². The molecule has 1 fully saturated rings. The molecule has 1 aliphatic heterocycles. The summed E-state index contributed by atoms with van der Waals surface area (Å²) in [5.74, 6) is 0. The summed E-state index contributed by atoms with van der Waals surface area (Å²) >= 11 is 6.19. The largest absolute Gasteiger partial charge is 0.313 e. The SMILES string of the molecule is CC(C)N(Cc1ccc([N+](=O)[O-])cc1Cl)CC1CCCN1. The standard InChI is InChI=1S/C15H22ClN3O2/c1-11(2)18(10-13-4-3-7-17-13)9-12-5-6-14(19(20)21)8-15(12)16/h5-6,8,11,13,17H,3-4,7,9-10H2,1-2H3. The first-order chi connectivity index (χ1) is 9.97. The van der Waals surface area contributed by atoms with Crippen LogP contribution in [0.15, 0.2) is 18.2 Å². The van der Waals surface area contributed by atoms with Crippen LogP contribution in [0.3, 0.4) is 0 Å². The third-order valence-corrected chi connectivity index (χ3v) is 4.32. The number of nitro groups is 1. The highest BCUT2D eigenvalue weighted by Gasteiger charge is 2.21. The van der Waals surface area contributed by atoms with Gasteiger partial charge in [0.2, 0.25) is 0 Å². The molecule has 0 aliphatic carbocycles. The number of halogens is 1. The number of benzene rings is 1. The maximum atomic E-state index is 10.8. The van der Waals surface area contributed by atoms with Gasteiger partial charge in [-0.25, -0.2) is 0 Å². The van der Waals surface area contributed by atoms with Crippen LogP contribution in [-0.2, 0) is 6.54 Å². The molecule has 1 unspecified atom stereocenters. The molecular weight excluding hydrogens is 290 g/mol. The second-order valence-corrected chi connectivity index (χ2v) is 6.26. The monoisotopic (exact) mass is 311 g/mol. The lowest BCUT2D eigenvalue weighted by atomic mass is 10.1. The van der Waals surface area contributed by atoms with E-state index < -0.39 is 4.92 Å². The Morgan fingerprint density at radius 3 is 2.81 bits per heavy atom. The number of non-ortho nitro benzene ring substituents is 1. The molecule has 21 heavy (non-hydrogen) atoms. The maximum Gasteiger partial charge on any atom is 0.270 e. The fraction of sp³-hybridized carbons (Fsp3) is 0.600. The van der Waals surface area contributed by atoms with Crippen LogP contribution < -0.4 is 5.32 Å². The van der Waals surface area contributed by atoms with Gasteiger partial charge in [0.15, 0.2) is 0 Å². The van der Waals surface area contributed by atoms with Gasteiger partial charge in [0, 0.05) is 37.3 Å². The summed E-state index contributed by atoms with van der Waals surface area (Å²) in [6.07, 6.45) is 2.44. The molecule has 1 aromatic rings. The minimum atomic E-state index is -0.418. The van der Waals surface area contributed by atoms with Crippen molar-refractivity contribution in [1.29, 1.82) is 0 Å². The topological polar surface area (TPSA) is 58.4 Å². The molecule has 1 N–H and O–H groups in total. The number of hydrogen-bond acceptors (Lipinski definition) is 4. The van der Waals surface area contributed by atoms with E-state index in [-0.39, 0.29) is 5.69 Å². The molecule has 5 nitrogen and oxygen atoms in total. The van der Waals surface area contributed by atoms with Gasteiger partial charge in [-0.05, 0) is 44.9 Å². The summed E-state index contributed by atoms with van der Waals surface area (Å²) in [4.78, 5) is 12.7. The van der Waals surface area contributed by atoms with Gasteiger partial charge < -0.3 is 5.32 Å². The van der Waals surface area contributed by atoms with E-state index in [2.05, 4.69) is 24.1 Å². The Labute approximate surface area is 130 Å². The van der Waals surface area contributed by atoms with E-state index in [1.54, 1.807) is 6.07 Å². The van der Waals surface area contributed by atoms with Crippen LogP contribution >= 0.6 is 11.6 Å². The van der Waals surface area contributed by atoms with E-state index in [1.165, 1.54) is 25.0 Å². The van der Waals surface area contributed by atoms with E-state index in [4.69, 9.17) is 11.6 Å². The Balaban J connectivity index is 2.07. The molecule has 1 aliphatic rings. The summed E-state index contributed by atoms with van der Waals surface area (Å²) < 4.78 is 0. The van der Waals surface area contributed by atoms with Crippen LogP contribution in [0.4, 0.5) is 5.69 Å². The predicted octanol–water partition coefficient (Wildman–Crippen LogP) is 3.21. The first kappa shape index (κ1) is 16.2. The van der Waals surface area contributed by atoms with Crippen molar-refractivity contribution in [3.8, 4) is 0 Å². The van der Waals surface area contributed by atoms with Gasteiger partial charge in [0.1, 0.15) is 0 Å². The first-order valence-electron chi connectivity index (χ1n) is 7.37. The van der Waals surface area contributed by atoms with E-state index in [9.17, 15) is 10.1 Å². The molecule has 2 rings (SSSR count). The van der Waals surface area contributed by atoms with Crippen molar-refractivity contribution in [2.24, 2.45) is 0 Å². The number of hydrogen-bond donors (Lipinski definition) is 1. The fourth-order valence-electron chi connectivity index (χ4n) is 2.65. The Kier molecular flexibility index (Phi) is 5.56. The molecule has 0 saturated carbocycles. The summed E-state index contributed by atoms with van der Waals surface area (Å²) in [6.45, 7) is 7.11. The van der Waals surface area contributed by atoms with Gasteiger partial charge >= 0.3 is 0 Å². The summed E-state index contributed by atoms with van der Waals surface area (Å²) in [7, 11) is 0. The minimum absolute atomic E-state index is 0.0392. The fourth-order valence-corrected chi connectivity index (χ4v) is 2.88. The molecular formula is C15H22ClN3O2. The zero-order valence-electron chi connectivity index (χ0n) is 12.5. The highest BCUT2D eigenvalue weighted by Crippen LogP contribution is 2.24. The van der Waals surface area contributed by atoms with Crippen molar-refractivity contribution in [2.75, 3.05) is 13.1 Å². The Morgan fingerprint density at radius 2 is 2.29 bits per heavy atom. The van der Waals surface area contributed by atoms with Crippen LogP contribution in [0.2, 0.25) is 5.02 Å². The molecule has 0 spiro atoms. The van der Waals surface area contributed by atoms with Crippen molar-refractivity contribution in [3.05, 3.63) is 38.9 Å². The highest BCUT2D eigenvalue weighted by molar-refractivity contribution is 6.31. The molecule has 0 amide bonds. The van der Waals surface area contributed by atoms with Crippen molar-refractivity contribution in [1.82, 2.24) is 10.2 Å². The lowest BCUT2D eigenvalue weighted by Gasteiger charge is -2.29. The van der Waals surface area contributed by atoms with Crippen LogP contribution in [0.25, 0.3) is 0 Å². The number of nitrogens with one attached hydrogen (secondary N) is 1. The Morgan fingerprint density at radius 1 is 1.52 bits per heavy atom. The average Bonchev–Trinajstić information content (AvgIpc) is 2.92. The van der Waals surface area contributed by atoms with Crippen molar-refractivity contribution in [2.45, 2.75) is 45.3 Å². The lowest BCUT2D eigenvalue weighted by Crippen LogP contribution is -2.40. The van der Waals surface area contributed by atoms with Gasteiger partial charge in [0.25, 0.3) is 5.69 Å². The van der Waals surface area contributed by atoms with Crippen molar-refractivity contribution >= 4 is 17.3 Å². The van der Waals surface area contributed by atoms with E-state index >= 15 is 0 Å². The van der Waals surface area contributed by atoms with E-state index in [0.29, 0.717) is 23.7 Å². The molecule has 1 heterocycles. The van der Waals surface area contributed by atoms with Crippen LogP contribution in [-0.4, -0.2) is 35.0 Å². The quantitative estimate of drug-likeness (QED) is 0.647. The third kappa shape index (κ3) is 4.40. The van der Waals surface area contributed by atoms with Crippen molar-refractivity contribution < 1.29 is 4.92 Å². The van der Waals surface area contributed by atoms with Gasteiger partial charge in [-0.15, -0.1) is 0 Å². The molecule has 0 bridgehead atoms. The lowest BCUT2D eigenvalue weighted by molar-refractivity contribution is -0.384. The molecule has 1 saturated heterocycles. The summed E-state index contributed by atoms with van der Waals surface area (Å²) in [5.41, 5.74) is 0.978. The van der Waals surface area contributed by atoms with Gasteiger partial charge in [0.05, 0.1) is 9.95 Å². The molecule has 0 aromatic heterocycles. The number of rotatable bonds is 6. The van der Waals surface area contributed by atoms with Crippen LogP contribution in [0.5, 0.6) is 0 Å². The first-order valence-corrected chi connectivity index (χ1v) is 7.75. The highest BCUT2D eigenvalue weighted by atomic mass is 35.5. The van der Waals surface area contributed by atoms with Crippen LogP contribution in [0.1, 0.15) is 32.3 Å². The van der Waals surface area contributed by atoms with E-state index in [0.717, 1.165) is 18.7 Å². The summed E-state index contributed by atoms with van der Waals surface area (Å²) in [6, 6.07) is 5.65. The number of nitro benzene ring substituents is 1. The molecule has 6 heteroatoms. The normalized spacial score (nSPS) is 18.6. The smallest absolute Gasteiger partial charge is 0.270 e. The third-order valence-electron chi connectivity index (χ3n) is 3.97. The van der Waals surface area contributed by atoms with Gasteiger partial charge in [-0.1, -0.05) is 11.6 Å². The zero-order chi connectivity index (χ0) is 15.4. The average molecular weight is 312 g/mol. The Bertz CT molecular complexity index is 502. The van der Waals surface area contributed by atoms with Gasteiger partial charge in [-0.2, -0.15) is 0 Å². The predicted molar refractivity (Wildman–Crippen MR) is 84.7 cm³/mol. The molecule has 1 aromatic carbocycles. The minimum Gasteiger partial charge on any atom is -0.313 e. The van der Waals surface area contributed by atoms with Gasteiger partial charge in [-0.3, -0.25) is 15.0 Å². The molecule has 1 atom stereocenters. The zero-order valence-corrected chi connectivity index (χ0v) is 13.3. The van der Waals surface area contributed by atoms with Crippen molar-refractivity contribution in [3.63, 3.8) is 0 Å². The summed E-state index contributed by atoms with van der Waals surface area (Å²) in [5, 5.41) is 14.7. The second-order valence-electron chi connectivity index (χ2n) is 5.85. The van der Waals surface area contributed by atoms with E-state index in [1.807, 2.05) is 0 Å². The molecule has 116 valence electrons.